The number of benzene rings is 1. The first kappa shape index (κ1) is 21.9. The van der Waals surface area contributed by atoms with E-state index in [1.807, 2.05) is 0 Å². The highest BCUT2D eigenvalue weighted by molar-refractivity contribution is 8.00. The molecule has 0 fully saturated rings. The van der Waals surface area contributed by atoms with Crippen LogP contribution in [0.4, 0.5) is 30.7 Å². The van der Waals surface area contributed by atoms with Gasteiger partial charge in [-0.3, -0.25) is 0 Å². The molecule has 0 amide bonds. The summed E-state index contributed by atoms with van der Waals surface area (Å²) in [7, 11) is 0. The van der Waals surface area contributed by atoms with Crippen molar-refractivity contribution in [3.05, 3.63) is 29.1 Å². The molecule has 0 atom stereocenters. The first-order valence-electron chi connectivity index (χ1n) is 6.83. The fourth-order valence-electron chi connectivity index (χ4n) is 1.54. The number of hydrogen-bond donors (Lipinski definition) is 0. The van der Waals surface area contributed by atoms with Crippen LogP contribution in [0.2, 0.25) is 0 Å². The number of thioether (sulfide) groups is 2. The lowest BCUT2D eigenvalue weighted by Gasteiger charge is -2.09. The molecule has 0 unspecified atom stereocenters. The Bertz CT molecular complexity index is 588. The van der Waals surface area contributed by atoms with Crippen molar-refractivity contribution in [1.82, 2.24) is 0 Å². The van der Waals surface area contributed by atoms with E-state index in [9.17, 15) is 30.7 Å². The predicted octanol–water partition coefficient (Wildman–Crippen LogP) is 5.78. The standard InChI is InChI=1S/C14H14F7NOS2/c1-9-5-11(15)10(6-12(9)24-8-13(16,17)18)7-22-23-3-2-4-25-14(19,20)21/h5-7H,2-4,8H2,1H3/b22-7+. The largest absolute Gasteiger partial charge is 0.441 e. The van der Waals surface area contributed by atoms with E-state index in [1.165, 1.54) is 13.0 Å². The zero-order valence-electron chi connectivity index (χ0n) is 12.9. The molecule has 0 saturated carbocycles. The minimum atomic E-state index is -4.35. The quantitative estimate of drug-likeness (QED) is 0.179. The predicted molar refractivity (Wildman–Crippen MR) is 84.6 cm³/mol. The highest BCUT2D eigenvalue weighted by Crippen LogP contribution is 2.31. The molecular formula is C14H14F7NOS2. The number of alkyl halides is 6. The van der Waals surface area contributed by atoms with Gasteiger partial charge in [-0.2, -0.15) is 26.3 Å². The van der Waals surface area contributed by atoms with Crippen molar-refractivity contribution in [3.8, 4) is 0 Å². The molecular weight excluding hydrogens is 395 g/mol. The Labute approximate surface area is 148 Å². The van der Waals surface area contributed by atoms with Crippen LogP contribution in [-0.2, 0) is 4.84 Å². The van der Waals surface area contributed by atoms with E-state index in [0.717, 1.165) is 12.3 Å². The zero-order valence-corrected chi connectivity index (χ0v) is 14.5. The van der Waals surface area contributed by atoms with E-state index in [0.29, 0.717) is 17.3 Å². The van der Waals surface area contributed by atoms with Gasteiger partial charge in [0.15, 0.2) is 0 Å². The molecule has 0 saturated heterocycles. The topological polar surface area (TPSA) is 21.6 Å². The van der Waals surface area contributed by atoms with Gasteiger partial charge < -0.3 is 4.84 Å². The average molecular weight is 409 g/mol. The van der Waals surface area contributed by atoms with E-state index in [1.54, 1.807) is 0 Å². The third-order valence-electron chi connectivity index (χ3n) is 2.60. The first-order chi connectivity index (χ1) is 11.5. The maximum atomic E-state index is 13.8. The highest BCUT2D eigenvalue weighted by atomic mass is 32.2. The van der Waals surface area contributed by atoms with Crippen LogP contribution in [0.3, 0.4) is 0 Å². The van der Waals surface area contributed by atoms with Gasteiger partial charge in [0.1, 0.15) is 12.4 Å². The van der Waals surface area contributed by atoms with Gasteiger partial charge in [-0.1, -0.05) is 16.9 Å². The summed E-state index contributed by atoms with van der Waals surface area (Å²) < 4.78 is 86.2. The fraction of sp³-hybridized carbons (Fsp3) is 0.500. The van der Waals surface area contributed by atoms with Crippen molar-refractivity contribution in [2.75, 3.05) is 18.1 Å². The molecule has 0 heterocycles. The van der Waals surface area contributed by atoms with Crippen LogP contribution in [0.5, 0.6) is 0 Å². The molecule has 2 nitrogen and oxygen atoms in total. The van der Waals surface area contributed by atoms with Crippen LogP contribution in [0.1, 0.15) is 17.5 Å². The van der Waals surface area contributed by atoms with Crippen molar-refractivity contribution in [3.63, 3.8) is 0 Å². The van der Waals surface area contributed by atoms with Crippen LogP contribution in [0.15, 0.2) is 22.2 Å². The number of oxime groups is 1. The third-order valence-corrected chi connectivity index (χ3v) is 4.64. The summed E-state index contributed by atoms with van der Waals surface area (Å²) in [5.74, 6) is -1.99. The van der Waals surface area contributed by atoms with Crippen LogP contribution in [0, 0.1) is 12.7 Å². The minimum Gasteiger partial charge on any atom is -0.396 e. The Morgan fingerprint density at radius 3 is 2.44 bits per heavy atom. The number of aryl methyl sites for hydroxylation is 1. The molecule has 11 heteroatoms. The lowest BCUT2D eigenvalue weighted by Crippen LogP contribution is -2.10. The van der Waals surface area contributed by atoms with Gasteiger partial charge in [0, 0.05) is 16.2 Å². The SMILES string of the molecule is Cc1cc(F)c(/C=N/OCCCSC(F)(F)F)cc1SCC(F)(F)F. The van der Waals surface area contributed by atoms with Crippen molar-refractivity contribution in [1.29, 1.82) is 0 Å². The molecule has 0 aromatic heterocycles. The number of rotatable bonds is 8. The van der Waals surface area contributed by atoms with Gasteiger partial charge in [0.05, 0.1) is 12.0 Å². The zero-order chi connectivity index (χ0) is 19.1. The first-order valence-corrected chi connectivity index (χ1v) is 8.81. The van der Waals surface area contributed by atoms with Crippen molar-refractivity contribution >= 4 is 29.7 Å². The summed E-state index contributed by atoms with van der Waals surface area (Å²) in [4.78, 5) is 4.98. The summed E-state index contributed by atoms with van der Waals surface area (Å²) in [5.41, 5.74) is -4.02. The van der Waals surface area contributed by atoms with Crippen LogP contribution < -0.4 is 0 Å². The number of halogens is 7. The number of hydrogen-bond acceptors (Lipinski definition) is 4. The van der Waals surface area contributed by atoms with Gasteiger partial charge in [0.2, 0.25) is 0 Å². The molecule has 0 radical (unpaired) electrons. The maximum Gasteiger partial charge on any atom is 0.441 e. The summed E-state index contributed by atoms with van der Waals surface area (Å²) in [6.07, 6.45) is -3.29. The van der Waals surface area contributed by atoms with Crippen molar-refractivity contribution in [2.24, 2.45) is 5.16 Å². The number of nitrogens with zero attached hydrogens (tertiary/aromatic N) is 1. The normalized spacial score (nSPS) is 12.8. The Kier molecular flexibility index (Phi) is 8.39. The second-order valence-corrected chi connectivity index (χ2v) is 6.94. The van der Waals surface area contributed by atoms with Crippen molar-refractivity contribution < 1.29 is 35.6 Å². The van der Waals surface area contributed by atoms with E-state index in [-0.39, 0.29) is 41.0 Å². The monoisotopic (exact) mass is 409 g/mol. The van der Waals surface area contributed by atoms with E-state index in [2.05, 4.69) is 5.16 Å². The van der Waals surface area contributed by atoms with Crippen LogP contribution in [0.25, 0.3) is 0 Å². The molecule has 1 aromatic carbocycles. The summed E-state index contributed by atoms with van der Waals surface area (Å²) in [6, 6.07) is 2.30. The Hall–Kier alpha value is -1.10. The van der Waals surface area contributed by atoms with Gasteiger partial charge in [-0.25, -0.2) is 4.39 Å². The second-order valence-electron chi connectivity index (χ2n) is 4.76. The summed E-state index contributed by atoms with van der Waals surface area (Å²) >= 11 is 0.341. The molecule has 1 rings (SSSR count). The summed E-state index contributed by atoms with van der Waals surface area (Å²) in [6.45, 7) is 1.39. The van der Waals surface area contributed by atoms with E-state index < -0.39 is 23.3 Å². The fourth-order valence-corrected chi connectivity index (χ4v) is 2.85. The van der Waals surface area contributed by atoms with E-state index >= 15 is 0 Å². The molecule has 1 aromatic rings. The Morgan fingerprint density at radius 2 is 1.84 bits per heavy atom. The molecule has 0 bridgehead atoms. The summed E-state index contributed by atoms with van der Waals surface area (Å²) in [5, 5.41) is 3.43. The van der Waals surface area contributed by atoms with Crippen molar-refractivity contribution in [2.45, 2.75) is 29.9 Å². The smallest absolute Gasteiger partial charge is 0.396 e. The van der Waals surface area contributed by atoms with E-state index in [4.69, 9.17) is 4.84 Å². The molecule has 0 aliphatic rings. The second kappa shape index (κ2) is 9.56. The molecule has 0 aliphatic heterocycles. The Morgan fingerprint density at radius 1 is 1.16 bits per heavy atom. The van der Waals surface area contributed by atoms with Gasteiger partial charge in [-0.05, 0) is 31.0 Å². The minimum absolute atomic E-state index is 0.0695. The third kappa shape index (κ3) is 9.83. The van der Waals surface area contributed by atoms with Crippen LogP contribution >= 0.6 is 23.5 Å². The lowest BCUT2D eigenvalue weighted by molar-refractivity contribution is -0.105. The highest BCUT2D eigenvalue weighted by Gasteiger charge is 2.28. The molecule has 0 N–H and O–H groups in total. The molecule has 25 heavy (non-hydrogen) atoms. The van der Waals surface area contributed by atoms with Gasteiger partial charge >= 0.3 is 11.7 Å². The Balaban J connectivity index is 2.54. The van der Waals surface area contributed by atoms with Gasteiger partial charge in [-0.15, -0.1) is 11.8 Å². The average Bonchev–Trinajstić information content (AvgIpc) is 2.45. The molecule has 0 spiro atoms. The van der Waals surface area contributed by atoms with Gasteiger partial charge in [0.25, 0.3) is 0 Å². The maximum absolute atomic E-state index is 13.8. The lowest BCUT2D eigenvalue weighted by atomic mass is 10.1. The van der Waals surface area contributed by atoms with Crippen LogP contribution in [-0.4, -0.2) is 36.0 Å². The molecule has 0 aliphatic carbocycles. The molecule has 142 valence electrons.